The van der Waals surface area contributed by atoms with E-state index in [1.165, 1.54) is 11.1 Å². The minimum atomic E-state index is 0.813. The number of para-hydroxylation sites is 1. The first-order valence-electron chi connectivity index (χ1n) is 14.4. The van der Waals surface area contributed by atoms with Gasteiger partial charge in [0.2, 0.25) is 0 Å². The van der Waals surface area contributed by atoms with E-state index < -0.39 is 0 Å². The number of furan rings is 2. The Morgan fingerprint density at radius 3 is 1.98 bits per heavy atom. The molecule has 6 aromatic carbocycles. The summed E-state index contributed by atoms with van der Waals surface area (Å²) in [7, 11) is 0. The van der Waals surface area contributed by atoms with Gasteiger partial charge in [0, 0.05) is 56.3 Å². The van der Waals surface area contributed by atoms with Crippen LogP contribution in [0.25, 0.3) is 65.9 Å². The largest absolute Gasteiger partial charge is 0.456 e. The minimum absolute atomic E-state index is 0.813. The Labute approximate surface area is 247 Å². The van der Waals surface area contributed by atoms with Crippen LogP contribution in [0.15, 0.2) is 155 Å². The Morgan fingerprint density at radius 2 is 1.09 bits per heavy atom. The molecule has 4 nitrogen and oxygen atoms in total. The van der Waals surface area contributed by atoms with Crippen LogP contribution in [0.1, 0.15) is 0 Å². The van der Waals surface area contributed by atoms with Gasteiger partial charge in [-0.05, 0) is 59.7 Å². The van der Waals surface area contributed by atoms with Crippen LogP contribution in [0.2, 0.25) is 0 Å². The maximum atomic E-state index is 6.37. The molecule has 0 atom stereocenters. The molecule has 0 aliphatic rings. The van der Waals surface area contributed by atoms with Crippen molar-refractivity contribution >= 4 is 71.8 Å². The zero-order valence-electron chi connectivity index (χ0n) is 23.1. The fourth-order valence-corrected chi connectivity index (χ4v) is 6.21. The van der Waals surface area contributed by atoms with Gasteiger partial charge in [-0.1, -0.05) is 84.9 Å². The minimum Gasteiger partial charge on any atom is -0.456 e. The maximum Gasteiger partial charge on any atom is 0.161 e. The second kappa shape index (κ2) is 9.33. The van der Waals surface area contributed by atoms with Gasteiger partial charge in [0.05, 0.1) is 0 Å². The molecule has 43 heavy (non-hydrogen) atoms. The maximum absolute atomic E-state index is 6.37. The van der Waals surface area contributed by atoms with Crippen molar-refractivity contribution in [2.24, 2.45) is 0 Å². The third-order valence-corrected chi connectivity index (χ3v) is 8.29. The summed E-state index contributed by atoms with van der Waals surface area (Å²) in [6, 6.07) is 48.3. The molecule has 9 aromatic rings. The van der Waals surface area contributed by atoms with Gasteiger partial charge in [-0.25, -0.2) is 0 Å². The van der Waals surface area contributed by atoms with Crippen molar-refractivity contribution in [1.82, 2.24) is 4.98 Å². The summed E-state index contributed by atoms with van der Waals surface area (Å²) < 4.78 is 12.7. The first kappa shape index (κ1) is 23.8. The number of aromatic nitrogens is 1. The van der Waals surface area contributed by atoms with Crippen LogP contribution >= 0.6 is 0 Å². The van der Waals surface area contributed by atoms with Crippen molar-refractivity contribution in [1.29, 1.82) is 0 Å². The van der Waals surface area contributed by atoms with Crippen molar-refractivity contribution in [3.8, 4) is 11.1 Å². The van der Waals surface area contributed by atoms with Crippen LogP contribution in [0, 0.1) is 0 Å². The lowest BCUT2D eigenvalue weighted by molar-refractivity contribution is 0.669. The van der Waals surface area contributed by atoms with Gasteiger partial charge in [0.25, 0.3) is 0 Å². The topological polar surface area (TPSA) is 42.4 Å². The second-order valence-corrected chi connectivity index (χ2v) is 10.8. The highest BCUT2D eigenvalue weighted by Gasteiger charge is 2.18. The molecule has 0 amide bonds. The SMILES string of the molecule is c1ccc(-c2ccc(N(c3ccc4c(c3)oc3ccccc34)c3ccc4oc5c6ccccc6cnc5c4c3)cc2)cc1. The van der Waals surface area contributed by atoms with Gasteiger partial charge >= 0.3 is 0 Å². The number of rotatable bonds is 4. The lowest BCUT2D eigenvalue weighted by atomic mass is 10.0. The summed E-state index contributed by atoms with van der Waals surface area (Å²) >= 11 is 0. The van der Waals surface area contributed by atoms with E-state index in [-0.39, 0.29) is 0 Å². The molecular formula is C39H24N2O2. The molecule has 0 aliphatic carbocycles. The number of anilines is 3. The highest BCUT2D eigenvalue weighted by molar-refractivity contribution is 6.13. The lowest BCUT2D eigenvalue weighted by Gasteiger charge is -2.25. The van der Waals surface area contributed by atoms with E-state index in [4.69, 9.17) is 13.8 Å². The third-order valence-electron chi connectivity index (χ3n) is 8.29. The van der Waals surface area contributed by atoms with Gasteiger partial charge in [-0.3, -0.25) is 4.98 Å². The molecule has 0 fully saturated rings. The normalized spacial score (nSPS) is 11.7. The Hall–Kier alpha value is -5.87. The van der Waals surface area contributed by atoms with Crippen LogP contribution < -0.4 is 4.90 Å². The van der Waals surface area contributed by atoms with E-state index >= 15 is 0 Å². The van der Waals surface area contributed by atoms with Crippen molar-refractivity contribution in [3.63, 3.8) is 0 Å². The molecule has 0 bridgehead atoms. The molecule has 9 rings (SSSR count). The molecule has 0 saturated heterocycles. The van der Waals surface area contributed by atoms with Crippen molar-refractivity contribution < 1.29 is 8.83 Å². The Morgan fingerprint density at radius 1 is 0.442 bits per heavy atom. The number of hydrogen-bond acceptors (Lipinski definition) is 4. The van der Waals surface area contributed by atoms with Crippen molar-refractivity contribution in [3.05, 3.63) is 146 Å². The molecule has 3 heterocycles. The first-order chi connectivity index (χ1) is 21.3. The molecule has 202 valence electrons. The molecule has 3 aromatic heterocycles. The van der Waals surface area contributed by atoms with E-state index in [9.17, 15) is 0 Å². The first-order valence-corrected chi connectivity index (χ1v) is 14.4. The molecular weight excluding hydrogens is 528 g/mol. The van der Waals surface area contributed by atoms with Crippen LogP contribution in [-0.4, -0.2) is 4.98 Å². The van der Waals surface area contributed by atoms with Crippen molar-refractivity contribution in [2.75, 3.05) is 4.90 Å². The predicted octanol–water partition coefficient (Wildman–Crippen LogP) is 11.2. The fourth-order valence-electron chi connectivity index (χ4n) is 6.21. The van der Waals surface area contributed by atoms with E-state index in [1.54, 1.807) is 0 Å². The average Bonchev–Trinajstić information content (AvgIpc) is 3.64. The standard InChI is InChI=1S/C39H24N2O2/c1-2-8-25(9-3-1)26-14-16-28(17-15-26)41(30-18-20-33-32-12-6-7-13-35(32)42-37(33)23-30)29-19-21-36-34(22-29)38-39(43-36)31-11-5-4-10-27(31)24-40-38/h1-24H. The molecule has 4 heteroatoms. The summed E-state index contributed by atoms with van der Waals surface area (Å²) in [4.78, 5) is 7.09. The number of fused-ring (bicyclic) bond motifs is 8. The number of benzene rings is 6. The van der Waals surface area contributed by atoms with Crippen molar-refractivity contribution in [2.45, 2.75) is 0 Å². The van der Waals surface area contributed by atoms with E-state index in [0.29, 0.717) is 0 Å². The highest BCUT2D eigenvalue weighted by atomic mass is 16.3. The van der Waals surface area contributed by atoms with Gasteiger partial charge in [0.15, 0.2) is 5.58 Å². The fraction of sp³-hybridized carbons (Fsp3) is 0. The lowest BCUT2D eigenvalue weighted by Crippen LogP contribution is -2.09. The average molecular weight is 553 g/mol. The van der Waals surface area contributed by atoms with Crippen LogP contribution in [0.3, 0.4) is 0 Å². The Kier molecular flexibility index (Phi) is 5.16. The molecule has 0 N–H and O–H groups in total. The van der Waals surface area contributed by atoms with E-state index in [0.717, 1.165) is 71.8 Å². The van der Waals surface area contributed by atoms with Crippen LogP contribution in [-0.2, 0) is 0 Å². The zero-order chi connectivity index (χ0) is 28.3. The summed E-state index contributed by atoms with van der Waals surface area (Å²) in [5.41, 5.74) is 9.65. The molecule has 0 spiro atoms. The number of nitrogens with zero attached hydrogens (tertiary/aromatic N) is 2. The number of hydrogen-bond donors (Lipinski definition) is 0. The monoisotopic (exact) mass is 552 g/mol. The summed E-state index contributed by atoms with van der Waals surface area (Å²) in [6.45, 7) is 0. The van der Waals surface area contributed by atoms with Crippen LogP contribution in [0.4, 0.5) is 17.1 Å². The molecule has 0 saturated carbocycles. The number of pyridine rings is 1. The third kappa shape index (κ3) is 3.81. The van der Waals surface area contributed by atoms with E-state index in [1.807, 2.05) is 48.7 Å². The van der Waals surface area contributed by atoms with Gasteiger partial charge in [-0.2, -0.15) is 0 Å². The Balaban J connectivity index is 1.24. The van der Waals surface area contributed by atoms with E-state index in [2.05, 4.69) is 102 Å². The van der Waals surface area contributed by atoms with Gasteiger partial charge in [-0.15, -0.1) is 0 Å². The summed E-state index contributed by atoms with van der Waals surface area (Å²) in [5.74, 6) is 0. The molecule has 0 unspecified atom stereocenters. The summed E-state index contributed by atoms with van der Waals surface area (Å²) in [6.07, 6.45) is 1.93. The quantitative estimate of drug-likeness (QED) is 0.218. The van der Waals surface area contributed by atoms with Gasteiger partial charge < -0.3 is 13.7 Å². The smallest absolute Gasteiger partial charge is 0.161 e. The molecule has 0 aliphatic heterocycles. The highest BCUT2D eigenvalue weighted by Crippen LogP contribution is 2.41. The van der Waals surface area contributed by atoms with Gasteiger partial charge in [0.1, 0.15) is 22.3 Å². The zero-order valence-corrected chi connectivity index (χ0v) is 23.1. The predicted molar refractivity (Wildman–Crippen MR) is 176 cm³/mol. The second-order valence-electron chi connectivity index (χ2n) is 10.8. The molecule has 0 radical (unpaired) electrons. The summed E-state index contributed by atoms with van der Waals surface area (Å²) in [5, 5.41) is 5.33. The Bertz CT molecular complexity index is 2450. The van der Waals surface area contributed by atoms with Crippen LogP contribution in [0.5, 0.6) is 0 Å².